The second-order valence-electron chi connectivity index (χ2n) is 4.95. The number of rotatable bonds is 2. The molecule has 2 N–H and O–H groups in total. The van der Waals surface area contributed by atoms with Gasteiger partial charge in [-0.2, -0.15) is 0 Å². The van der Waals surface area contributed by atoms with Crippen molar-refractivity contribution in [2.75, 3.05) is 23.7 Å². The normalized spacial score (nSPS) is 16.9. The molecule has 1 fully saturated rings. The molecule has 1 aromatic rings. The summed E-state index contributed by atoms with van der Waals surface area (Å²) in [5.41, 5.74) is 9.25. The van der Waals surface area contributed by atoms with Crippen LogP contribution in [-0.4, -0.2) is 13.1 Å². The van der Waals surface area contributed by atoms with E-state index in [0.29, 0.717) is 0 Å². The lowest BCUT2D eigenvalue weighted by atomic mass is 9.88. The van der Waals surface area contributed by atoms with Gasteiger partial charge in [0.25, 0.3) is 0 Å². The van der Waals surface area contributed by atoms with Crippen molar-refractivity contribution >= 4 is 11.4 Å². The molecular weight excluding hydrogens is 184 g/mol. The summed E-state index contributed by atoms with van der Waals surface area (Å²) >= 11 is 0. The van der Waals surface area contributed by atoms with Gasteiger partial charge in [-0.3, -0.25) is 0 Å². The quantitative estimate of drug-likeness (QED) is 0.750. The van der Waals surface area contributed by atoms with Crippen molar-refractivity contribution in [2.24, 2.45) is 11.8 Å². The fourth-order valence-corrected chi connectivity index (χ4v) is 1.97. The molecule has 1 saturated heterocycles. The number of hydrogen-bond donors (Lipinski definition) is 1. The lowest BCUT2D eigenvalue weighted by Gasteiger charge is -2.43. The Kier molecular flexibility index (Phi) is 2.59. The molecule has 1 aromatic carbocycles. The lowest BCUT2D eigenvalue weighted by molar-refractivity contribution is 0.310. The first-order valence-corrected chi connectivity index (χ1v) is 5.69. The SMILES string of the molecule is Cc1ccc(N2CC(C(C)C)C2)cc1N. The minimum absolute atomic E-state index is 0.795. The predicted octanol–water partition coefficient (Wildman–Crippen LogP) is 2.67. The second-order valence-corrected chi connectivity index (χ2v) is 4.95. The second kappa shape index (κ2) is 3.76. The van der Waals surface area contributed by atoms with Crippen molar-refractivity contribution < 1.29 is 0 Å². The van der Waals surface area contributed by atoms with Gasteiger partial charge in [0.1, 0.15) is 0 Å². The Hall–Kier alpha value is -1.18. The highest BCUT2D eigenvalue weighted by Crippen LogP contribution is 2.30. The van der Waals surface area contributed by atoms with Crippen LogP contribution in [0.2, 0.25) is 0 Å². The van der Waals surface area contributed by atoms with Gasteiger partial charge in [-0.05, 0) is 36.5 Å². The third kappa shape index (κ3) is 1.94. The van der Waals surface area contributed by atoms with Crippen LogP contribution in [0.1, 0.15) is 19.4 Å². The van der Waals surface area contributed by atoms with Crippen molar-refractivity contribution in [3.63, 3.8) is 0 Å². The minimum Gasteiger partial charge on any atom is -0.398 e. The van der Waals surface area contributed by atoms with E-state index in [1.807, 2.05) is 6.92 Å². The van der Waals surface area contributed by atoms with Crippen molar-refractivity contribution in [3.05, 3.63) is 23.8 Å². The first kappa shape index (κ1) is 10.3. The van der Waals surface area contributed by atoms with Crippen molar-refractivity contribution in [2.45, 2.75) is 20.8 Å². The summed E-state index contributed by atoms with van der Waals surface area (Å²) < 4.78 is 0. The van der Waals surface area contributed by atoms with Crippen LogP contribution in [0.25, 0.3) is 0 Å². The summed E-state index contributed by atoms with van der Waals surface area (Å²) in [4.78, 5) is 2.40. The van der Waals surface area contributed by atoms with Gasteiger partial charge in [0.05, 0.1) is 0 Å². The predicted molar refractivity (Wildman–Crippen MR) is 66.1 cm³/mol. The van der Waals surface area contributed by atoms with E-state index in [2.05, 4.69) is 36.9 Å². The Morgan fingerprint density at radius 1 is 1.33 bits per heavy atom. The highest BCUT2D eigenvalue weighted by molar-refractivity contribution is 5.60. The fraction of sp³-hybridized carbons (Fsp3) is 0.538. The molecule has 82 valence electrons. The van der Waals surface area contributed by atoms with Crippen molar-refractivity contribution in [3.8, 4) is 0 Å². The van der Waals surface area contributed by atoms with Crippen LogP contribution in [-0.2, 0) is 0 Å². The maximum Gasteiger partial charge on any atom is 0.0387 e. The number of benzene rings is 1. The van der Waals surface area contributed by atoms with Gasteiger partial charge >= 0.3 is 0 Å². The van der Waals surface area contributed by atoms with Crippen LogP contribution < -0.4 is 10.6 Å². The monoisotopic (exact) mass is 204 g/mol. The van der Waals surface area contributed by atoms with Crippen LogP contribution >= 0.6 is 0 Å². The summed E-state index contributed by atoms with van der Waals surface area (Å²) in [5.74, 6) is 1.65. The van der Waals surface area contributed by atoms with Gasteiger partial charge in [0.2, 0.25) is 0 Å². The molecule has 0 aliphatic carbocycles. The highest BCUT2D eigenvalue weighted by Gasteiger charge is 2.29. The summed E-state index contributed by atoms with van der Waals surface area (Å²) in [7, 11) is 0. The molecule has 0 atom stereocenters. The van der Waals surface area contributed by atoms with E-state index in [4.69, 9.17) is 5.73 Å². The number of nitrogen functional groups attached to an aromatic ring is 1. The molecule has 2 heteroatoms. The molecule has 0 bridgehead atoms. The Morgan fingerprint density at radius 3 is 2.53 bits per heavy atom. The van der Waals surface area contributed by atoms with E-state index in [1.165, 1.54) is 24.3 Å². The summed E-state index contributed by atoms with van der Waals surface area (Å²) in [6.45, 7) is 9.00. The molecule has 1 aliphatic rings. The van der Waals surface area contributed by atoms with E-state index in [-0.39, 0.29) is 0 Å². The van der Waals surface area contributed by atoms with Crippen molar-refractivity contribution in [1.29, 1.82) is 0 Å². The Balaban J connectivity index is 2.04. The van der Waals surface area contributed by atoms with Crippen LogP contribution in [0.5, 0.6) is 0 Å². The third-order valence-electron chi connectivity index (χ3n) is 3.48. The number of nitrogens with two attached hydrogens (primary N) is 1. The molecule has 1 heterocycles. The van der Waals surface area contributed by atoms with Crippen LogP contribution in [0.3, 0.4) is 0 Å². The number of anilines is 2. The summed E-state index contributed by atoms with van der Waals surface area (Å²) in [5, 5.41) is 0. The molecule has 2 nitrogen and oxygen atoms in total. The fourth-order valence-electron chi connectivity index (χ4n) is 1.97. The van der Waals surface area contributed by atoms with E-state index >= 15 is 0 Å². The topological polar surface area (TPSA) is 29.3 Å². The van der Waals surface area contributed by atoms with Gasteiger partial charge in [0.15, 0.2) is 0 Å². The van der Waals surface area contributed by atoms with Gasteiger partial charge in [-0.15, -0.1) is 0 Å². The molecule has 0 unspecified atom stereocenters. The number of hydrogen-bond acceptors (Lipinski definition) is 2. The van der Waals surface area contributed by atoms with E-state index in [1.54, 1.807) is 0 Å². The largest absolute Gasteiger partial charge is 0.398 e. The van der Waals surface area contributed by atoms with Crippen LogP contribution in [0.4, 0.5) is 11.4 Å². The van der Waals surface area contributed by atoms with Gasteiger partial charge in [0, 0.05) is 24.5 Å². The Morgan fingerprint density at radius 2 is 2.00 bits per heavy atom. The smallest absolute Gasteiger partial charge is 0.0387 e. The third-order valence-corrected chi connectivity index (χ3v) is 3.48. The number of aryl methyl sites for hydroxylation is 1. The first-order chi connectivity index (χ1) is 7.08. The minimum atomic E-state index is 0.795. The molecule has 0 amide bonds. The zero-order chi connectivity index (χ0) is 11.0. The standard InChI is InChI=1S/C13H20N2/c1-9(2)11-7-15(8-11)12-5-4-10(3)13(14)6-12/h4-6,9,11H,7-8,14H2,1-3H3. The highest BCUT2D eigenvalue weighted by atomic mass is 15.2. The maximum atomic E-state index is 5.91. The molecule has 0 saturated carbocycles. The van der Waals surface area contributed by atoms with Crippen molar-refractivity contribution in [1.82, 2.24) is 0 Å². The van der Waals surface area contributed by atoms with Crippen LogP contribution in [0, 0.1) is 18.8 Å². The Labute approximate surface area is 92.1 Å². The molecule has 0 aromatic heterocycles. The molecule has 1 aliphatic heterocycles. The zero-order valence-corrected chi connectivity index (χ0v) is 9.83. The Bertz CT molecular complexity index is 352. The van der Waals surface area contributed by atoms with Gasteiger partial charge in [-0.1, -0.05) is 19.9 Å². The lowest BCUT2D eigenvalue weighted by Crippen LogP contribution is -2.49. The van der Waals surface area contributed by atoms with E-state index in [0.717, 1.165) is 17.5 Å². The van der Waals surface area contributed by atoms with Gasteiger partial charge < -0.3 is 10.6 Å². The summed E-state index contributed by atoms with van der Waals surface area (Å²) in [6.07, 6.45) is 0. The number of nitrogens with zero attached hydrogens (tertiary/aromatic N) is 1. The zero-order valence-electron chi connectivity index (χ0n) is 9.83. The molecule has 0 radical (unpaired) electrons. The van der Waals surface area contributed by atoms with E-state index in [9.17, 15) is 0 Å². The average Bonchev–Trinajstić information content (AvgIpc) is 2.08. The molecule has 0 spiro atoms. The first-order valence-electron chi connectivity index (χ1n) is 5.69. The maximum absolute atomic E-state index is 5.91. The average molecular weight is 204 g/mol. The van der Waals surface area contributed by atoms with E-state index < -0.39 is 0 Å². The molecular formula is C13H20N2. The molecule has 2 rings (SSSR count). The summed E-state index contributed by atoms with van der Waals surface area (Å²) in [6, 6.07) is 6.36. The molecule has 15 heavy (non-hydrogen) atoms. The van der Waals surface area contributed by atoms with Crippen LogP contribution in [0.15, 0.2) is 18.2 Å². The van der Waals surface area contributed by atoms with Gasteiger partial charge in [-0.25, -0.2) is 0 Å².